The summed E-state index contributed by atoms with van der Waals surface area (Å²) in [5.41, 5.74) is 7.10. The van der Waals surface area contributed by atoms with Gasteiger partial charge in [-0.25, -0.2) is 9.38 Å². The first kappa shape index (κ1) is 26.2. The summed E-state index contributed by atoms with van der Waals surface area (Å²) in [5, 5.41) is 8.21. The molecular weight excluding hydrogens is 395 g/mol. The average Bonchev–Trinajstić information content (AvgIpc) is 2.76. The second-order valence-electron chi connectivity index (χ2n) is 7.66. The normalized spacial score (nSPS) is 18.7. The maximum atomic E-state index is 13.3. The molecule has 1 rings (SSSR count). The van der Waals surface area contributed by atoms with Crippen LogP contribution in [0.2, 0.25) is 0 Å². The molecule has 3 N–H and O–H groups in total. The number of halogens is 1. The molecule has 1 saturated heterocycles. The number of ether oxygens (including phenoxy) is 1. The summed E-state index contributed by atoms with van der Waals surface area (Å²) in [6.07, 6.45) is 12.5. The predicted molar refractivity (Wildman–Crippen MR) is 126 cm³/mol. The van der Waals surface area contributed by atoms with Crippen LogP contribution in [-0.2, 0) is 9.53 Å². The Labute approximate surface area is 185 Å². The number of amidine groups is 1. The largest absolute Gasteiger partial charge is 0.402 e. The summed E-state index contributed by atoms with van der Waals surface area (Å²) in [7, 11) is 0. The number of nitrogens with zero attached hydrogens (tertiary/aromatic N) is 2. The summed E-state index contributed by atoms with van der Waals surface area (Å²) in [4.78, 5) is 19.2. The monoisotopic (exact) mass is 430 g/mol. The molecule has 0 aromatic rings. The Bertz CT molecular complexity index is 802. The summed E-state index contributed by atoms with van der Waals surface area (Å²) in [6, 6.07) is 0. The van der Waals surface area contributed by atoms with Gasteiger partial charge in [0, 0.05) is 36.7 Å². The van der Waals surface area contributed by atoms with Gasteiger partial charge in [-0.05, 0) is 58.6 Å². The summed E-state index contributed by atoms with van der Waals surface area (Å²) in [5.74, 6) is -0.320. The number of likely N-dealkylation sites (tertiary alicyclic amines) is 1. The van der Waals surface area contributed by atoms with Gasteiger partial charge in [-0.3, -0.25) is 10.2 Å². The quantitative estimate of drug-likeness (QED) is 0.186. The van der Waals surface area contributed by atoms with Gasteiger partial charge in [0.15, 0.2) is 0 Å². The summed E-state index contributed by atoms with van der Waals surface area (Å²) >= 11 is 0. The minimum atomic E-state index is -0.507. The van der Waals surface area contributed by atoms with Crippen molar-refractivity contribution in [3.63, 3.8) is 0 Å². The van der Waals surface area contributed by atoms with Crippen molar-refractivity contribution in [3.05, 3.63) is 59.1 Å². The lowest BCUT2D eigenvalue weighted by molar-refractivity contribution is -0.129. The smallest absolute Gasteiger partial charge is 0.254 e. The van der Waals surface area contributed by atoms with Crippen molar-refractivity contribution in [2.45, 2.75) is 40.5 Å². The molecule has 0 spiro atoms. The number of aliphatic imine (C=N–C) groups is 1. The number of piperidine rings is 1. The fourth-order valence-electron chi connectivity index (χ4n) is 3.12. The zero-order chi connectivity index (χ0) is 23.2. The Morgan fingerprint density at radius 1 is 1.35 bits per heavy atom. The Morgan fingerprint density at radius 2 is 2.10 bits per heavy atom. The van der Waals surface area contributed by atoms with Gasteiger partial charge < -0.3 is 15.4 Å². The minimum Gasteiger partial charge on any atom is -0.402 e. The number of allylic oxidation sites excluding steroid dienone is 5. The highest BCUT2D eigenvalue weighted by molar-refractivity contribution is 6.09. The molecule has 6 nitrogen and oxygen atoms in total. The third-order valence-corrected chi connectivity index (χ3v) is 4.71. The molecule has 0 bridgehead atoms. The maximum Gasteiger partial charge on any atom is 0.254 e. The molecule has 1 aliphatic heterocycles. The molecular formula is C24H35FN4O2. The Balaban J connectivity index is 2.85. The number of carbonyl (C=O) groups excluding carboxylic acids is 1. The number of nitrogens with two attached hydrogens (primary N) is 1. The standard InChI is InChI=1S/C24H35FN4O2/c1-5-6-11-28-23(27)19(4)22(14-18(2)3)24(30)29-12-7-9-20(16-29)17-31-13-8-10-21(25)15-26/h5-6,8,10-11,14-15,20,27H,7,9,12-13,16-17,26H2,1-4H3/b6-5-,10-8-,21-15+,22-19-,27-23?,28-11?/t20-/m1/s1. The number of hydrogen-bond acceptors (Lipinski definition) is 4. The molecule has 1 heterocycles. The Hall–Kier alpha value is -2.80. The number of nitrogens with one attached hydrogen (secondary N) is 1. The van der Waals surface area contributed by atoms with E-state index in [9.17, 15) is 9.18 Å². The first-order valence-corrected chi connectivity index (χ1v) is 10.5. The summed E-state index contributed by atoms with van der Waals surface area (Å²) in [6.45, 7) is 9.52. The lowest BCUT2D eigenvalue weighted by Crippen LogP contribution is -2.42. The van der Waals surface area contributed by atoms with Crippen molar-refractivity contribution in [2.75, 3.05) is 26.3 Å². The van der Waals surface area contributed by atoms with Crippen LogP contribution >= 0.6 is 0 Å². The van der Waals surface area contributed by atoms with Gasteiger partial charge in [-0.2, -0.15) is 0 Å². The molecule has 0 saturated carbocycles. The van der Waals surface area contributed by atoms with Crippen LogP contribution in [0.25, 0.3) is 0 Å². The van der Waals surface area contributed by atoms with E-state index < -0.39 is 5.83 Å². The van der Waals surface area contributed by atoms with Gasteiger partial charge in [0.25, 0.3) is 5.91 Å². The molecule has 0 radical (unpaired) electrons. The van der Waals surface area contributed by atoms with E-state index in [1.165, 1.54) is 6.08 Å². The van der Waals surface area contributed by atoms with Crippen LogP contribution in [0, 0.1) is 11.3 Å². The van der Waals surface area contributed by atoms with Gasteiger partial charge in [0.2, 0.25) is 0 Å². The van der Waals surface area contributed by atoms with E-state index in [2.05, 4.69) is 4.99 Å². The fourth-order valence-corrected chi connectivity index (χ4v) is 3.12. The van der Waals surface area contributed by atoms with E-state index in [1.54, 1.807) is 25.3 Å². The van der Waals surface area contributed by atoms with E-state index in [0.717, 1.165) is 24.6 Å². The first-order valence-electron chi connectivity index (χ1n) is 10.5. The second-order valence-corrected chi connectivity index (χ2v) is 7.66. The molecule has 1 amide bonds. The molecule has 1 atom stereocenters. The van der Waals surface area contributed by atoms with E-state index in [0.29, 0.717) is 30.8 Å². The van der Waals surface area contributed by atoms with E-state index in [4.69, 9.17) is 15.9 Å². The van der Waals surface area contributed by atoms with Crippen molar-refractivity contribution < 1.29 is 13.9 Å². The van der Waals surface area contributed by atoms with Crippen molar-refractivity contribution in [2.24, 2.45) is 16.6 Å². The lowest BCUT2D eigenvalue weighted by atomic mass is 9.97. The second kappa shape index (κ2) is 14.2. The Kier molecular flexibility index (Phi) is 12.1. The molecule has 0 aliphatic carbocycles. The lowest BCUT2D eigenvalue weighted by Gasteiger charge is -2.33. The van der Waals surface area contributed by atoms with Crippen LogP contribution in [0.5, 0.6) is 0 Å². The van der Waals surface area contributed by atoms with Crippen molar-refractivity contribution in [1.82, 2.24) is 4.90 Å². The highest BCUT2D eigenvalue weighted by Crippen LogP contribution is 2.21. The SMILES string of the molecule is C/C=C\C=NC(=N)/C(C)=C(/C=C(C)C)C(=O)N1CCC[C@@H](COC/C=C\C(F)=C/N)C1. The van der Waals surface area contributed by atoms with Crippen LogP contribution in [0.3, 0.4) is 0 Å². The van der Waals surface area contributed by atoms with Crippen LogP contribution in [0.1, 0.15) is 40.5 Å². The van der Waals surface area contributed by atoms with E-state index in [-0.39, 0.29) is 24.3 Å². The third-order valence-electron chi connectivity index (χ3n) is 4.71. The zero-order valence-corrected chi connectivity index (χ0v) is 19.0. The summed E-state index contributed by atoms with van der Waals surface area (Å²) < 4.78 is 18.6. The molecule has 1 aliphatic rings. The van der Waals surface area contributed by atoms with Gasteiger partial charge >= 0.3 is 0 Å². The van der Waals surface area contributed by atoms with Crippen LogP contribution in [0.4, 0.5) is 4.39 Å². The molecule has 0 aromatic carbocycles. The number of rotatable bonds is 9. The topological polar surface area (TPSA) is 91.8 Å². The van der Waals surface area contributed by atoms with Gasteiger partial charge in [0.1, 0.15) is 11.7 Å². The number of amides is 1. The van der Waals surface area contributed by atoms with E-state index >= 15 is 0 Å². The van der Waals surface area contributed by atoms with Crippen molar-refractivity contribution >= 4 is 18.0 Å². The Morgan fingerprint density at radius 3 is 2.74 bits per heavy atom. The zero-order valence-electron chi connectivity index (χ0n) is 19.0. The fraction of sp³-hybridized carbons (Fsp3) is 0.458. The molecule has 0 unspecified atom stereocenters. The maximum absolute atomic E-state index is 13.3. The highest BCUT2D eigenvalue weighted by Gasteiger charge is 2.26. The number of carbonyl (C=O) groups is 1. The molecule has 1 fully saturated rings. The molecule has 31 heavy (non-hydrogen) atoms. The van der Waals surface area contributed by atoms with Crippen molar-refractivity contribution in [1.29, 1.82) is 5.41 Å². The van der Waals surface area contributed by atoms with Crippen molar-refractivity contribution in [3.8, 4) is 0 Å². The third kappa shape index (κ3) is 9.70. The first-order chi connectivity index (χ1) is 14.8. The van der Waals surface area contributed by atoms with E-state index in [1.807, 2.05) is 37.8 Å². The molecule has 170 valence electrons. The minimum absolute atomic E-state index is 0.0707. The average molecular weight is 431 g/mol. The molecule has 7 heteroatoms. The van der Waals surface area contributed by atoms with Gasteiger partial charge in [0.05, 0.1) is 13.2 Å². The molecule has 0 aromatic heterocycles. The predicted octanol–water partition coefficient (Wildman–Crippen LogP) is 4.47. The number of hydrogen-bond donors (Lipinski definition) is 2. The van der Waals surface area contributed by atoms with Gasteiger partial charge in [-0.1, -0.05) is 23.8 Å². The van der Waals surface area contributed by atoms with Crippen LogP contribution in [0.15, 0.2) is 64.1 Å². The van der Waals surface area contributed by atoms with Gasteiger partial charge in [-0.15, -0.1) is 0 Å². The van der Waals surface area contributed by atoms with Crippen LogP contribution in [-0.4, -0.2) is 49.2 Å². The van der Waals surface area contributed by atoms with Crippen LogP contribution < -0.4 is 5.73 Å². The highest BCUT2D eigenvalue weighted by atomic mass is 19.1.